The highest BCUT2D eigenvalue weighted by atomic mass is 35.5. The van der Waals surface area contributed by atoms with Crippen molar-refractivity contribution in [3.63, 3.8) is 0 Å². The molecule has 0 heterocycles. The molecule has 5 N–H and O–H groups in total. The number of nitrogens with one attached hydrogen (secondary N) is 1. The Kier molecular flexibility index (Phi) is 7.14. The van der Waals surface area contributed by atoms with Crippen molar-refractivity contribution in [1.82, 2.24) is 0 Å². The molecule has 0 aromatic heterocycles. The van der Waals surface area contributed by atoms with E-state index in [2.05, 4.69) is 5.32 Å². The molecule has 2 aromatic rings. The fourth-order valence-electron chi connectivity index (χ4n) is 2.26. The number of halogens is 2. The van der Waals surface area contributed by atoms with Crippen LogP contribution in [0.5, 0.6) is 5.75 Å². The largest absolute Gasteiger partial charge is 0.497 e. The first-order chi connectivity index (χ1) is 11.9. The van der Waals surface area contributed by atoms with Crippen LogP contribution >= 0.6 is 23.2 Å². The summed E-state index contributed by atoms with van der Waals surface area (Å²) >= 11 is 12.2. The van der Waals surface area contributed by atoms with Crippen molar-refractivity contribution in [2.24, 2.45) is 11.5 Å². The Bertz CT molecular complexity index is 730. The highest BCUT2D eigenvalue weighted by molar-refractivity contribution is 6.36. The van der Waals surface area contributed by atoms with Crippen molar-refractivity contribution in [3.05, 3.63) is 69.8 Å². The van der Waals surface area contributed by atoms with Crippen LogP contribution < -0.4 is 21.5 Å². The van der Waals surface area contributed by atoms with Crippen molar-refractivity contribution in [2.75, 3.05) is 12.4 Å². The van der Waals surface area contributed by atoms with Crippen molar-refractivity contribution in [2.45, 2.75) is 25.4 Å². The molecule has 0 saturated heterocycles. The lowest BCUT2D eigenvalue weighted by Gasteiger charge is -2.17. The van der Waals surface area contributed by atoms with Crippen LogP contribution in [0, 0.1) is 0 Å². The Morgan fingerprint density at radius 1 is 1.16 bits per heavy atom. The summed E-state index contributed by atoms with van der Waals surface area (Å²) in [5.41, 5.74) is 14.8. The third-order valence-electron chi connectivity index (χ3n) is 3.78. The van der Waals surface area contributed by atoms with Gasteiger partial charge in [0.25, 0.3) is 0 Å². The molecule has 0 aliphatic carbocycles. The van der Waals surface area contributed by atoms with Gasteiger partial charge in [0.15, 0.2) is 0 Å². The first-order valence-corrected chi connectivity index (χ1v) is 8.71. The number of ether oxygens (including phenoxy) is 1. The van der Waals surface area contributed by atoms with Crippen LogP contribution in [-0.2, 0) is 6.42 Å². The maximum Gasteiger partial charge on any atom is 0.118 e. The summed E-state index contributed by atoms with van der Waals surface area (Å²) in [6.45, 7) is 1.88. The second kappa shape index (κ2) is 9.11. The second-order valence-electron chi connectivity index (χ2n) is 5.90. The number of methoxy groups -OCH3 is 1. The summed E-state index contributed by atoms with van der Waals surface area (Å²) in [5, 5.41) is 4.47. The minimum atomic E-state index is -0.271. The average molecular weight is 380 g/mol. The number of nitrogens with two attached hydrogens (primary N) is 2. The van der Waals surface area contributed by atoms with Gasteiger partial charge in [-0.15, -0.1) is 0 Å². The number of hydrogen-bond acceptors (Lipinski definition) is 4. The van der Waals surface area contributed by atoms with Crippen LogP contribution in [0.25, 0.3) is 0 Å². The average Bonchev–Trinajstić information content (AvgIpc) is 2.57. The lowest BCUT2D eigenvalue weighted by atomic mass is 10.0. The molecule has 0 saturated carbocycles. The highest BCUT2D eigenvalue weighted by Gasteiger charge is 2.10. The molecule has 2 atom stereocenters. The first-order valence-electron chi connectivity index (χ1n) is 7.96. The number of hydrogen-bond donors (Lipinski definition) is 3. The van der Waals surface area contributed by atoms with Gasteiger partial charge in [-0.05, 0) is 48.9 Å². The summed E-state index contributed by atoms with van der Waals surface area (Å²) in [5.74, 6) is 0.815. The van der Waals surface area contributed by atoms with E-state index in [1.807, 2.05) is 43.3 Å². The van der Waals surface area contributed by atoms with Gasteiger partial charge in [-0.1, -0.05) is 35.3 Å². The van der Waals surface area contributed by atoms with E-state index in [0.717, 1.165) is 22.7 Å². The summed E-state index contributed by atoms with van der Waals surface area (Å²) in [4.78, 5) is 0. The quantitative estimate of drug-likeness (QED) is 0.673. The van der Waals surface area contributed by atoms with E-state index < -0.39 is 0 Å². The molecule has 0 aliphatic heterocycles. The van der Waals surface area contributed by atoms with Crippen LogP contribution in [0.4, 0.5) is 5.69 Å². The van der Waals surface area contributed by atoms with E-state index in [0.29, 0.717) is 16.5 Å². The summed E-state index contributed by atoms with van der Waals surface area (Å²) < 4.78 is 5.20. The first kappa shape index (κ1) is 19.6. The van der Waals surface area contributed by atoms with Gasteiger partial charge in [-0.2, -0.15) is 0 Å². The van der Waals surface area contributed by atoms with Gasteiger partial charge in [0, 0.05) is 29.2 Å². The molecule has 0 bridgehead atoms. The normalized spacial score (nSPS) is 14.1. The molecular weight excluding hydrogens is 357 g/mol. The zero-order chi connectivity index (χ0) is 18.4. The van der Waals surface area contributed by atoms with Crippen LogP contribution in [0.3, 0.4) is 0 Å². The van der Waals surface area contributed by atoms with Crippen LogP contribution in [-0.4, -0.2) is 19.2 Å². The van der Waals surface area contributed by atoms with E-state index in [1.54, 1.807) is 19.2 Å². The maximum absolute atomic E-state index is 6.27. The molecule has 2 rings (SSSR count). The van der Waals surface area contributed by atoms with Gasteiger partial charge in [0.2, 0.25) is 0 Å². The number of anilines is 1. The molecule has 6 heteroatoms. The molecule has 0 amide bonds. The van der Waals surface area contributed by atoms with Crippen molar-refractivity contribution in [1.29, 1.82) is 0 Å². The van der Waals surface area contributed by atoms with Crippen molar-refractivity contribution in [3.8, 4) is 5.75 Å². The van der Waals surface area contributed by atoms with E-state index in [9.17, 15) is 0 Å². The zero-order valence-corrected chi connectivity index (χ0v) is 15.8. The molecule has 0 spiro atoms. The van der Waals surface area contributed by atoms with Crippen LogP contribution in [0.2, 0.25) is 10.0 Å². The molecule has 4 nitrogen and oxygen atoms in total. The van der Waals surface area contributed by atoms with E-state index in [4.69, 9.17) is 39.4 Å². The van der Waals surface area contributed by atoms with Gasteiger partial charge >= 0.3 is 0 Å². The standard InChI is InChI=1S/C19H23Cl2N3O/c1-12(22)18(23)11-15(9-13-3-6-16(25-2)7-4-13)24-19-8-5-14(20)10-17(19)21/h3-8,10-12,18,24H,9,22-23H2,1-2H3/b15-11-. The lowest BCUT2D eigenvalue weighted by molar-refractivity contribution is 0.414. The third-order valence-corrected chi connectivity index (χ3v) is 4.33. The number of rotatable bonds is 7. The Morgan fingerprint density at radius 2 is 1.84 bits per heavy atom. The highest BCUT2D eigenvalue weighted by Crippen LogP contribution is 2.27. The topological polar surface area (TPSA) is 73.3 Å². The van der Waals surface area contributed by atoms with Gasteiger partial charge < -0.3 is 21.5 Å². The summed E-state index contributed by atoms with van der Waals surface area (Å²) in [6, 6.07) is 12.8. The minimum absolute atomic E-state index is 0.159. The Balaban J connectivity index is 2.25. The monoisotopic (exact) mass is 379 g/mol. The fourth-order valence-corrected chi connectivity index (χ4v) is 2.71. The smallest absolute Gasteiger partial charge is 0.118 e. The molecule has 0 aliphatic rings. The molecule has 134 valence electrons. The van der Waals surface area contributed by atoms with Crippen molar-refractivity contribution >= 4 is 28.9 Å². The summed E-state index contributed by atoms with van der Waals surface area (Å²) in [7, 11) is 1.64. The fraction of sp³-hybridized carbons (Fsp3) is 0.263. The van der Waals surface area contributed by atoms with Crippen molar-refractivity contribution < 1.29 is 4.74 Å². The molecule has 2 aromatic carbocycles. The predicted molar refractivity (Wildman–Crippen MR) is 106 cm³/mol. The Morgan fingerprint density at radius 3 is 2.40 bits per heavy atom. The summed E-state index contributed by atoms with van der Waals surface area (Å²) in [6.07, 6.45) is 2.59. The zero-order valence-electron chi connectivity index (χ0n) is 14.3. The van der Waals surface area contributed by atoms with Gasteiger partial charge in [-0.3, -0.25) is 0 Å². The van der Waals surface area contributed by atoms with Gasteiger partial charge in [-0.25, -0.2) is 0 Å². The predicted octanol–water partition coefficient (Wildman–Crippen LogP) is 4.22. The third kappa shape index (κ3) is 5.94. The van der Waals surface area contributed by atoms with Gasteiger partial charge in [0.05, 0.1) is 17.8 Å². The van der Waals surface area contributed by atoms with E-state index in [1.165, 1.54) is 0 Å². The number of allylic oxidation sites excluding steroid dienone is 1. The van der Waals surface area contributed by atoms with E-state index >= 15 is 0 Å². The number of benzene rings is 2. The minimum Gasteiger partial charge on any atom is -0.497 e. The van der Waals surface area contributed by atoms with E-state index in [-0.39, 0.29) is 12.1 Å². The van der Waals surface area contributed by atoms with Crippen LogP contribution in [0.15, 0.2) is 54.2 Å². The second-order valence-corrected chi connectivity index (χ2v) is 6.75. The molecule has 25 heavy (non-hydrogen) atoms. The Hall–Kier alpha value is -1.72. The lowest BCUT2D eigenvalue weighted by Crippen LogP contribution is -2.37. The van der Waals surface area contributed by atoms with Gasteiger partial charge in [0.1, 0.15) is 5.75 Å². The molecule has 2 unspecified atom stereocenters. The Labute approximate surface area is 158 Å². The molecule has 0 radical (unpaired) electrons. The maximum atomic E-state index is 6.27. The molecular formula is C19H23Cl2N3O. The SMILES string of the molecule is COc1ccc(C/C(=C/C(N)C(C)N)Nc2ccc(Cl)cc2Cl)cc1. The molecule has 0 fully saturated rings. The van der Waals surface area contributed by atoms with Crippen LogP contribution in [0.1, 0.15) is 12.5 Å².